The quantitative estimate of drug-likeness (QED) is 0.935. The molecule has 0 aliphatic rings. The number of ether oxygens (including phenoxy) is 1. The van der Waals surface area contributed by atoms with Gasteiger partial charge >= 0.3 is 5.97 Å². The van der Waals surface area contributed by atoms with Gasteiger partial charge in [0.15, 0.2) is 23.2 Å². The SMILES string of the molecule is O=C(O)c1ccc(OCc2ccc(F)c(F)c2)c(F)c1. The predicted octanol–water partition coefficient (Wildman–Crippen LogP) is 3.38. The number of halogens is 3. The van der Waals surface area contributed by atoms with Gasteiger partial charge in [0, 0.05) is 0 Å². The molecule has 0 spiro atoms. The first-order valence-corrected chi connectivity index (χ1v) is 5.57. The number of carbonyl (C=O) groups is 1. The van der Waals surface area contributed by atoms with E-state index in [1.165, 1.54) is 18.2 Å². The van der Waals surface area contributed by atoms with Gasteiger partial charge in [-0.15, -0.1) is 0 Å². The van der Waals surface area contributed by atoms with Gasteiger partial charge in [-0.05, 0) is 35.9 Å². The first-order chi connectivity index (χ1) is 9.47. The van der Waals surface area contributed by atoms with Gasteiger partial charge in [0.25, 0.3) is 0 Å². The maximum absolute atomic E-state index is 13.5. The largest absolute Gasteiger partial charge is 0.486 e. The molecule has 0 aliphatic carbocycles. The molecule has 0 bridgehead atoms. The van der Waals surface area contributed by atoms with Crippen LogP contribution >= 0.6 is 0 Å². The van der Waals surface area contributed by atoms with E-state index in [2.05, 4.69) is 0 Å². The highest BCUT2D eigenvalue weighted by atomic mass is 19.2. The number of aromatic carboxylic acids is 1. The molecule has 6 heteroatoms. The van der Waals surface area contributed by atoms with Crippen LogP contribution in [0.25, 0.3) is 0 Å². The number of benzene rings is 2. The molecule has 2 rings (SSSR count). The first kappa shape index (κ1) is 13.9. The second-order valence-electron chi connectivity index (χ2n) is 3.99. The standard InChI is InChI=1S/C14H9F3O3/c15-10-3-1-8(5-11(10)16)7-20-13-4-2-9(14(18)19)6-12(13)17/h1-6H,7H2,(H,18,19). The molecule has 0 aromatic heterocycles. The summed E-state index contributed by atoms with van der Waals surface area (Å²) in [5.41, 5.74) is 0.119. The topological polar surface area (TPSA) is 46.5 Å². The molecule has 20 heavy (non-hydrogen) atoms. The molecule has 2 aromatic rings. The lowest BCUT2D eigenvalue weighted by Crippen LogP contribution is -2.01. The van der Waals surface area contributed by atoms with Crippen molar-refractivity contribution in [2.24, 2.45) is 0 Å². The van der Waals surface area contributed by atoms with Gasteiger partial charge in [-0.25, -0.2) is 18.0 Å². The summed E-state index contributed by atoms with van der Waals surface area (Å²) >= 11 is 0. The van der Waals surface area contributed by atoms with Crippen LogP contribution in [0.1, 0.15) is 15.9 Å². The summed E-state index contributed by atoms with van der Waals surface area (Å²) in [7, 11) is 0. The van der Waals surface area contributed by atoms with Gasteiger partial charge in [-0.2, -0.15) is 0 Å². The van der Waals surface area contributed by atoms with Crippen molar-refractivity contribution >= 4 is 5.97 Å². The Bertz CT molecular complexity index is 656. The summed E-state index contributed by atoms with van der Waals surface area (Å²) in [5.74, 6) is -4.26. The molecule has 2 aromatic carbocycles. The Morgan fingerprint density at radius 1 is 1.00 bits per heavy atom. The van der Waals surface area contributed by atoms with E-state index in [0.717, 1.165) is 18.2 Å². The normalized spacial score (nSPS) is 10.3. The Hall–Kier alpha value is -2.50. The van der Waals surface area contributed by atoms with Crippen molar-refractivity contribution < 1.29 is 27.8 Å². The highest BCUT2D eigenvalue weighted by molar-refractivity contribution is 5.87. The van der Waals surface area contributed by atoms with Crippen LogP contribution < -0.4 is 4.74 Å². The van der Waals surface area contributed by atoms with Gasteiger partial charge in [-0.3, -0.25) is 0 Å². The Morgan fingerprint density at radius 2 is 1.75 bits per heavy atom. The molecule has 0 fully saturated rings. The summed E-state index contributed by atoms with van der Waals surface area (Å²) in [5, 5.41) is 8.68. The third-order valence-corrected chi connectivity index (χ3v) is 2.56. The maximum Gasteiger partial charge on any atom is 0.335 e. The van der Waals surface area contributed by atoms with Crippen molar-refractivity contribution in [3.63, 3.8) is 0 Å². The average Bonchev–Trinajstić information content (AvgIpc) is 2.41. The number of hydrogen-bond acceptors (Lipinski definition) is 2. The number of hydrogen-bond donors (Lipinski definition) is 1. The molecule has 1 N–H and O–H groups in total. The van der Waals surface area contributed by atoms with Gasteiger partial charge in [-0.1, -0.05) is 6.07 Å². The van der Waals surface area contributed by atoms with Crippen molar-refractivity contribution in [2.75, 3.05) is 0 Å². The van der Waals surface area contributed by atoms with Crippen molar-refractivity contribution in [2.45, 2.75) is 6.61 Å². The number of rotatable bonds is 4. The van der Waals surface area contributed by atoms with Gasteiger partial charge < -0.3 is 9.84 Å². The Balaban J connectivity index is 2.10. The van der Waals surface area contributed by atoms with E-state index in [9.17, 15) is 18.0 Å². The fraction of sp³-hybridized carbons (Fsp3) is 0.0714. The van der Waals surface area contributed by atoms with E-state index in [0.29, 0.717) is 5.56 Å². The molecule has 104 valence electrons. The van der Waals surface area contributed by atoms with Crippen LogP contribution in [-0.4, -0.2) is 11.1 Å². The van der Waals surface area contributed by atoms with Crippen LogP contribution in [0.15, 0.2) is 36.4 Å². The molecule has 0 aliphatic heterocycles. The number of carboxylic acid groups (broad SMARTS) is 1. The molecule has 0 unspecified atom stereocenters. The molecule has 0 saturated heterocycles. The highest BCUT2D eigenvalue weighted by Gasteiger charge is 2.10. The highest BCUT2D eigenvalue weighted by Crippen LogP contribution is 2.20. The summed E-state index contributed by atoms with van der Waals surface area (Å²) in [6.45, 7) is -0.166. The first-order valence-electron chi connectivity index (χ1n) is 5.57. The second kappa shape index (κ2) is 5.64. The average molecular weight is 282 g/mol. The fourth-order valence-corrected chi connectivity index (χ4v) is 1.54. The number of carboxylic acids is 1. The Kier molecular flexibility index (Phi) is 3.93. The summed E-state index contributed by atoms with van der Waals surface area (Å²) in [4.78, 5) is 10.6. The predicted molar refractivity (Wildman–Crippen MR) is 64.0 cm³/mol. The Labute approximate surface area is 112 Å². The zero-order chi connectivity index (χ0) is 14.7. The fourth-order valence-electron chi connectivity index (χ4n) is 1.54. The summed E-state index contributed by atoms with van der Waals surface area (Å²) in [6, 6.07) is 6.37. The molecule has 0 atom stereocenters. The maximum atomic E-state index is 13.5. The van der Waals surface area contributed by atoms with E-state index < -0.39 is 23.4 Å². The lowest BCUT2D eigenvalue weighted by atomic mass is 10.2. The monoisotopic (exact) mass is 282 g/mol. The van der Waals surface area contributed by atoms with Crippen LogP contribution in [0.5, 0.6) is 5.75 Å². The van der Waals surface area contributed by atoms with E-state index in [4.69, 9.17) is 9.84 Å². The minimum Gasteiger partial charge on any atom is -0.486 e. The molecule has 0 heterocycles. The third-order valence-electron chi connectivity index (χ3n) is 2.56. The van der Waals surface area contributed by atoms with E-state index in [1.54, 1.807) is 0 Å². The molecule has 0 radical (unpaired) electrons. The van der Waals surface area contributed by atoms with Crippen molar-refractivity contribution in [1.29, 1.82) is 0 Å². The minimum atomic E-state index is -1.25. The zero-order valence-corrected chi connectivity index (χ0v) is 10.1. The molecule has 0 amide bonds. The van der Waals surface area contributed by atoms with E-state index >= 15 is 0 Å². The summed E-state index contributed by atoms with van der Waals surface area (Å²) < 4.78 is 44.3. The van der Waals surface area contributed by atoms with Crippen LogP contribution in [0.3, 0.4) is 0 Å². The van der Waals surface area contributed by atoms with Gasteiger partial charge in [0.2, 0.25) is 0 Å². The van der Waals surface area contributed by atoms with Crippen molar-refractivity contribution in [1.82, 2.24) is 0 Å². The summed E-state index contributed by atoms with van der Waals surface area (Å²) in [6.07, 6.45) is 0. The molecule has 0 saturated carbocycles. The van der Waals surface area contributed by atoms with Gasteiger partial charge in [0.1, 0.15) is 6.61 Å². The minimum absolute atomic E-state index is 0.166. The van der Waals surface area contributed by atoms with Gasteiger partial charge in [0.05, 0.1) is 5.56 Å². The van der Waals surface area contributed by atoms with Crippen LogP contribution in [0.4, 0.5) is 13.2 Å². The lowest BCUT2D eigenvalue weighted by Gasteiger charge is -2.08. The second-order valence-corrected chi connectivity index (χ2v) is 3.99. The third kappa shape index (κ3) is 3.09. The van der Waals surface area contributed by atoms with E-state index in [-0.39, 0.29) is 17.9 Å². The van der Waals surface area contributed by atoms with Crippen LogP contribution in [0.2, 0.25) is 0 Å². The lowest BCUT2D eigenvalue weighted by molar-refractivity contribution is 0.0696. The van der Waals surface area contributed by atoms with Crippen LogP contribution in [-0.2, 0) is 6.61 Å². The Morgan fingerprint density at radius 3 is 2.35 bits per heavy atom. The molecular weight excluding hydrogens is 273 g/mol. The van der Waals surface area contributed by atoms with Crippen molar-refractivity contribution in [3.8, 4) is 5.75 Å². The van der Waals surface area contributed by atoms with E-state index in [1.807, 2.05) is 0 Å². The zero-order valence-electron chi connectivity index (χ0n) is 10.1. The van der Waals surface area contributed by atoms with Crippen molar-refractivity contribution in [3.05, 3.63) is 65.0 Å². The molecule has 3 nitrogen and oxygen atoms in total. The smallest absolute Gasteiger partial charge is 0.335 e. The van der Waals surface area contributed by atoms with Crippen LogP contribution in [0, 0.1) is 17.5 Å². The molecular formula is C14H9F3O3.